The number of hydrogen-bond donors (Lipinski definition) is 2. The second-order valence-corrected chi connectivity index (χ2v) is 10.1. The standard InChI is InChI=1S/C18H30N4O2S3/c23-17(21-19-15-5-11-26-12-6-15)3-1-9-25-10-2-4-18(24)22-20-16-7-13-27-14-8-16/h1-14H2,(H,21,23)(H,22,24). The van der Waals surface area contributed by atoms with Crippen LogP contribution in [0.4, 0.5) is 0 Å². The van der Waals surface area contributed by atoms with Crippen LogP contribution in [0, 0.1) is 0 Å². The number of carbonyl (C=O) groups excluding carboxylic acids is 2. The van der Waals surface area contributed by atoms with Gasteiger partial charge in [-0.25, -0.2) is 10.9 Å². The van der Waals surface area contributed by atoms with E-state index in [2.05, 4.69) is 21.1 Å². The van der Waals surface area contributed by atoms with Gasteiger partial charge in [0.1, 0.15) is 0 Å². The molecular weight excluding hydrogens is 400 g/mol. The predicted molar refractivity (Wildman–Crippen MR) is 120 cm³/mol. The van der Waals surface area contributed by atoms with Crippen molar-refractivity contribution in [3.63, 3.8) is 0 Å². The Morgan fingerprint density at radius 1 is 0.778 bits per heavy atom. The van der Waals surface area contributed by atoms with E-state index in [9.17, 15) is 9.59 Å². The lowest BCUT2D eigenvalue weighted by Crippen LogP contribution is -2.21. The summed E-state index contributed by atoms with van der Waals surface area (Å²) in [5.41, 5.74) is 7.57. The summed E-state index contributed by atoms with van der Waals surface area (Å²) >= 11 is 5.67. The molecular formula is C18H30N4O2S3. The monoisotopic (exact) mass is 430 g/mol. The topological polar surface area (TPSA) is 82.9 Å². The van der Waals surface area contributed by atoms with Crippen molar-refractivity contribution < 1.29 is 9.59 Å². The van der Waals surface area contributed by atoms with Gasteiger partial charge in [0.2, 0.25) is 11.8 Å². The number of hydrazone groups is 2. The first kappa shape index (κ1) is 22.6. The molecule has 0 atom stereocenters. The third-order valence-electron chi connectivity index (χ3n) is 4.20. The average Bonchev–Trinajstić information content (AvgIpc) is 2.71. The van der Waals surface area contributed by atoms with E-state index in [0.717, 1.165) is 84.5 Å². The Balaban J connectivity index is 1.41. The van der Waals surface area contributed by atoms with Gasteiger partial charge >= 0.3 is 0 Å². The number of rotatable bonds is 10. The summed E-state index contributed by atoms with van der Waals surface area (Å²) in [6.45, 7) is 0. The van der Waals surface area contributed by atoms with Crippen molar-refractivity contribution in [2.45, 2.75) is 51.4 Å². The molecule has 0 aromatic rings. The Bertz CT molecular complexity index is 479. The van der Waals surface area contributed by atoms with Crippen molar-refractivity contribution in [2.24, 2.45) is 10.2 Å². The molecule has 152 valence electrons. The summed E-state index contributed by atoms with van der Waals surface area (Å²) in [5, 5.41) is 8.45. The summed E-state index contributed by atoms with van der Waals surface area (Å²) in [7, 11) is 0. The highest BCUT2D eigenvalue weighted by Gasteiger charge is 2.09. The maximum Gasteiger partial charge on any atom is 0.240 e. The third kappa shape index (κ3) is 11.0. The highest BCUT2D eigenvalue weighted by molar-refractivity contribution is 7.99. The number of nitrogens with one attached hydrogen (secondary N) is 2. The van der Waals surface area contributed by atoms with E-state index < -0.39 is 0 Å². The second-order valence-electron chi connectivity index (χ2n) is 6.47. The quantitative estimate of drug-likeness (QED) is 0.410. The fourth-order valence-corrected chi connectivity index (χ4v) is 5.43. The maximum atomic E-state index is 11.8. The molecule has 27 heavy (non-hydrogen) atoms. The van der Waals surface area contributed by atoms with E-state index in [0.29, 0.717) is 12.8 Å². The van der Waals surface area contributed by atoms with Gasteiger partial charge in [0.15, 0.2) is 0 Å². The van der Waals surface area contributed by atoms with Crippen LogP contribution in [-0.4, -0.2) is 57.8 Å². The minimum atomic E-state index is 0.000860. The zero-order valence-corrected chi connectivity index (χ0v) is 18.3. The molecule has 9 heteroatoms. The Hall–Kier alpha value is -0.670. The highest BCUT2D eigenvalue weighted by Crippen LogP contribution is 2.15. The van der Waals surface area contributed by atoms with Crippen LogP contribution in [0.15, 0.2) is 10.2 Å². The van der Waals surface area contributed by atoms with Gasteiger partial charge in [-0.15, -0.1) is 0 Å². The maximum absolute atomic E-state index is 11.8. The van der Waals surface area contributed by atoms with Crippen LogP contribution in [0.2, 0.25) is 0 Å². The smallest absolute Gasteiger partial charge is 0.240 e. The molecule has 2 saturated heterocycles. The molecule has 6 nitrogen and oxygen atoms in total. The van der Waals surface area contributed by atoms with Gasteiger partial charge in [-0.2, -0.15) is 45.5 Å². The lowest BCUT2D eigenvalue weighted by molar-refractivity contribution is -0.121. The summed E-state index contributed by atoms with van der Waals surface area (Å²) < 4.78 is 0. The van der Waals surface area contributed by atoms with Gasteiger partial charge in [-0.05, 0) is 73.0 Å². The van der Waals surface area contributed by atoms with Crippen LogP contribution in [0.5, 0.6) is 0 Å². The molecule has 0 radical (unpaired) electrons. The first-order valence-electron chi connectivity index (χ1n) is 9.66. The van der Waals surface area contributed by atoms with Crippen molar-refractivity contribution >= 4 is 58.5 Å². The molecule has 0 saturated carbocycles. The predicted octanol–water partition coefficient (Wildman–Crippen LogP) is 3.28. The highest BCUT2D eigenvalue weighted by atomic mass is 32.2. The van der Waals surface area contributed by atoms with E-state index in [-0.39, 0.29) is 11.8 Å². The van der Waals surface area contributed by atoms with E-state index in [1.165, 1.54) is 0 Å². The molecule has 2 aliphatic rings. The van der Waals surface area contributed by atoms with E-state index in [1.807, 2.05) is 23.5 Å². The summed E-state index contributed by atoms with van der Waals surface area (Å²) in [4.78, 5) is 23.5. The van der Waals surface area contributed by atoms with E-state index in [1.54, 1.807) is 11.8 Å². The SMILES string of the molecule is O=C(CCCSCCCC(=O)NN=C1CCSCC1)NN=C1CCSCC1. The van der Waals surface area contributed by atoms with Crippen LogP contribution in [-0.2, 0) is 9.59 Å². The Morgan fingerprint density at radius 2 is 1.19 bits per heavy atom. The molecule has 0 aliphatic carbocycles. The molecule has 0 spiro atoms. The van der Waals surface area contributed by atoms with Crippen LogP contribution < -0.4 is 10.9 Å². The Labute approximate surface area is 174 Å². The molecule has 2 heterocycles. The molecule has 2 aliphatic heterocycles. The molecule has 2 amide bonds. The Kier molecular flexibility index (Phi) is 12.0. The molecule has 2 N–H and O–H groups in total. The molecule has 0 unspecified atom stereocenters. The van der Waals surface area contributed by atoms with Gasteiger partial charge in [-0.1, -0.05) is 0 Å². The van der Waals surface area contributed by atoms with Crippen LogP contribution in [0.1, 0.15) is 51.4 Å². The summed E-state index contributed by atoms with van der Waals surface area (Å²) in [6.07, 6.45) is 6.65. The lowest BCUT2D eigenvalue weighted by atomic mass is 10.2. The van der Waals surface area contributed by atoms with Crippen molar-refractivity contribution in [3.05, 3.63) is 0 Å². The van der Waals surface area contributed by atoms with Gasteiger partial charge in [0.05, 0.1) is 0 Å². The molecule has 0 aromatic heterocycles. The number of nitrogens with zero attached hydrogens (tertiary/aromatic N) is 2. The first-order chi connectivity index (χ1) is 13.2. The number of amides is 2. The summed E-state index contributed by atoms with van der Waals surface area (Å²) in [6, 6.07) is 0. The molecule has 2 fully saturated rings. The minimum Gasteiger partial charge on any atom is -0.273 e. The zero-order chi connectivity index (χ0) is 19.2. The minimum absolute atomic E-state index is 0.000860. The van der Waals surface area contributed by atoms with Gasteiger partial charge in [-0.3, -0.25) is 9.59 Å². The normalized spacial score (nSPS) is 17.3. The van der Waals surface area contributed by atoms with Crippen LogP contribution in [0.3, 0.4) is 0 Å². The van der Waals surface area contributed by atoms with Crippen LogP contribution in [0.25, 0.3) is 0 Å². The van der Waals surface area contributed by atoms with Crippen molar-refractivity contribution in [1.82, 2.24) is 10.9 Å². The second kappa shape index (κ2) is 14.3. The zero-order valence-electron chi connectivity index (χ0n) is 15.8. The van der Waals surface area contributed by atoms with Gasteiger partial charge in [0.25, 0.3) is 0 Å². The number of carbonyl (C=O) groups is 2. The number of thioether (sulfide) groups is 3. The van der Waals surface area contributed by atoms with Crippen molar-refractivity contribution in [3.8, 4) is 0 Å². The molecule has 0 bridgehead atoms. The van der Waals surface area contributed by atoms with Gasteiger partial charge < -0.3 is 0 Å². The number of hydrogen-bond acceptors (Lipinski definition) is 7. The fourth-order valence-electron chi connectivity index (χ4n) is 2.60. The molecule has 2 rings (SSSR count). The average molecular weight is 431 g/mol. The van der Waals surface area contributed by atoms with Crippen molar-refractivity contribution in [1.29, 1.82) is 0 Å². The van der Waals surface area contributed by atoms with E-state index in [4.69, 9.17) is 0 Å². The van der Waals surface area contributed by atoms with Crippen LogP contribution >= 0.6 is 35.3 Å². The summed E-state index contributed by atoms with van der Waals surface area (Å²) in [5.74, 6) is 6.30. The van der Waals surface area contributed by atoms with E-state index >= 15 is 0 Å². The Morgan fingerprint density at radius 3 is 1.59 bits per heavy atom. The third-order valence-corrected chi connectivity index (χ3v) is 7.33. The van der Waals surface area contributed by atoms with Crippen molar-refractivity contribution in [2.75, 3.05) is 34.5 Å². The van der Waals surface area contributed by atoms with Gasteiger partial charge in [0, 0.05) is 24.3 Å². The first-order valence-corrected chi connectivity index (χ1v) is 13.1. The molecule has 0 aromatic carbocycles. The largest absolute Gasteiger partial charge is 0.273 e. The lowest BCUT2D eigenvalue weighted by Gasteiger charge is -2.12. The fraction of sp³-hybridized carbons (Fsp3) is 0.778.